The van der Waals surface area contributed by atoms with Crippen LogP contribution in [0.25, 0.3) is 22.8 Å². The molecule has 0 amide bonds. The fraction of sp³-hybridized carbons (Fsp3) is 0.250. The molecular formula is C16H18O2. The third-order valence-corrected chi connectivity index (χ3v) is 3.39. The molecule has 0 radical (unpaired) electrons. The minimum atomic E-state index is 0.266. The molecule has 2 nitrogen and oxygen atoms in total. The molecular weight excluding hydrogens is 224 g/mol. The summed E-state index contributed by atoms with van der Waals surface area (Å²) in [6.07, 6.45) is 7.46. The summed E-state index contributed by atoms with van der Waals surface area (Å²) >= 11 is 0. The van der Waals surface area contributed by atoms with Crippen LogP contribution in [0.3, 0.4) is 0 Å². The first-order valence-corrected chi connectivity index (χ1v) is 6.10. The summed E-state index contributed by atoms with van der Waals surface area (Å²) in [4.78, 5) is 0. The van der Waals surface area contributed by atoms with Crippen molar-refractivity contribution in [3.8, 4) is 0 Å². The SMILES string of the molecule is C/C=C\c1c(C)c(C)c(/C(O)=C\C)c2occc12. The van der Waals surface area contributed by atoms with Gasteiger partial charge in [0.1, 0.15) is 11.3 Å². The van der Waals surface area contributed by atoms with Crippen LogP contribution in [0.5, 0.6) is 0 Å². The average Bonchev–Trinajstić information content (AvgIpc) is 2.83. The molecule has 0 saturated carbocycles. The van der Waals surface area contributed by atoms with Gasteiger partial charge in [-0.25, -0.2) is 0 Å². The molecule has 0 aliphatic rings. The Morgan fingerprint density at radius 3 is 2.56 bits per heavy atom. The molecule has 18 heavy (non-hydrogen) atoms. The Kier molecular flexibility index (Phi) is 3.28. The third kappa shape index (κ3) is 1.74. The molecule has 0 bridgehead atoms. The third-order valence-electron chi connectivity index (χ3n) is 3.39. The lowest BCUT2D eigenvalue weighted by Gasteiger charge is -2.12. The number of fused-ring (bicyclic) bond motifs is 1. The second kappa shape index (κ2) is 4.73. The predicted molar refractivity (Wildman–Crippen MR) is 76.7 cm³/mol. The average molecular weight is 242 g/mol. The van der Waals surface area contributed by atoms with Crippen molar-refractivity contribution in [2.45, 2.75) is 27.7 Å². The number of allylic oxidation sites excluding steroid dienone is 2. The topological polar surface area (TPSA) is 33.4 Å². The van der Waals surface area contributed by atoms with Gasteiger partial charge in [0.25, 0.3) is 0 Å². The van der Waals surface area contributed by atoms with Gasteiger partial charge in [-0.2, -0.15) is 0 Å². The summed E-state index contributed by atoms with van der Waals surface area (Å²) in [7, 11) is 0. The van der Waals surface area contributed by atoms with E-state index in [2.05, 4.69) is 13.0 Å². The molecule has 94 valence electrons. The lowest BCUT2D eigenvalue weighted by molar-refractivity contribution is 0.508. The Balaban J connectivity index is 2.95. The number of benzene rings is 1. The molecule has 1 heterocycles. The van der Waals surface area contributed by atoms with E-state index in [0.29, 0.717) is 0 Å². The van der Waals surface area contributed by atoms with E-state index < -0.39 is 0 Å². The smallest absolute Gasteiger partial charge is 0.145 e. The minimum Gasteiger partial charge on any atom is -0.508 e. The van der Waals surface area contributed by atoms with E-state index in [1.54, 1.807) is 12.3 Å². The normalized spacial score (nSPS) is 12.8. The molecule has 0 aliphatic heterocycles. The van der Waals surface area contributed by atoms with Crippen molar-refractivity contribution in [1.29, 1.82) is 0 Å². The van der Waals surface area contributed by atoms with Gasteiger partial charge >= 0.3 is 0 Å². The maximum absolute atomic E-state index is 10.1. The van der Waals surface area contributed by atoms with Crippen molar-refractivity contribution < 1.29 is 9.52 Å². The Morgan fingerprint density at radius 1 is 1.22 bits per heavy atom. The Morgan fingerprint density at radius 2 is 1.94 bits per heavy atom. The standard InChI is InChI=1S/C16H18O2/c1-5-7-12-10(3)11(4)15(14(17)6-2)16-13(12)8-9-18-16/h5-9,17H,1-4H3/b7-5-,14-6+. The fourth-order valence-electron chi connectivity index (χ4n) is 2.31. The lowest BCUT2D eigenvalue weighted by Crippen LogP contribution is -1.96. The molecule has 0 spiro atoms. The van der Waals surface area contributed by atoms with Crippen LogP contribution in [0.1, 0.15) is 36.1 Å². The van der Waals surface area contributed by atoms with Gasteiger partial charge < -0.3 is 9.52 Å². The van der Waals surface area contributed by atoms with Gasteiger partial charge in [0.05, 0.1) is 11.8 Å². The van der Waals surface area contributed by atoms with E-state index in [1.807, 2.05) is 32.9 Å². The first-order chi connectivity index (χ1) is 8.61. The van der Waals surface area contributed by atoms with E-state index in [4.69, 9.17) is 4.42 Å². The van der Waals surface area contributed by atoms with E-state index in [-0.39, 0.29) is 5.76 Å². The summed E-state index contributed by atoms with van der Waals surface area (Å²) in [6.45, 7) is 7.90. The van der Waals surface area contributed by atoms with Gasteiger partial charge in [-0.1, -0.05) is 12.2 Å². The second-order valence-electron chi connectivity index (χ2n) is 4.38. The van der Waals surface area contributed by atoms with Crippen LogP contribution < -0.4 is 0 Å². The zero-order chi connectivity index (χ0) is 13.3. The summed E-state index contributed by atoms with van der Waals surface area (Å²) in [5.41, 5.74) is 4.93. The largest absolute Gasteiger partial charge is 0.508 e. The van der Waals surface area contributed by atoms with Crippen LogP contribution in [-0.2, 0) is 0 Å². The summed E-state index contributed by atoms with van der Waals surface area (Å²) < 4.78 is 5.56. The lowest BCUT2D eigenvalue weighted by atomic mass is 9.93. The zero-order valence-corrected chi connectivity index (χ0v) is 11.2. The van der Waals surface area contributed by atoms with E-state index >= 15 is 0 Å². The minimum absolute atomic E-state index is 0.266. The highest BCUT2D eigenvalue weighted by Gasteiger charge is 2.17. The molecule has 0 atom stereocenters. The fourth-order valence-corrected chi connectivity index (χ4v) is 2.31. The molecule has 0 fully saturated rings. The van der Waals surface area contributed by atoms with Crippen LogP contribution in [0.2, 0.25) is 0 Å². The highest BCUT2D eigenvalue weighted by atomic mass is 16.3. The number of furan rings is 1. The van der Waals surface area contributed by atoms with Gasteiger partial charge in [-0.3, -0.25) is 0 Å². The van der Waals surface area contributed by atoms with Gasteiger partial charge in [-0.15, -0.1) is 0 Å². The molecule has 2 aromatic rings. The van der Waals surface area contributed by atoms with Crippen LogP contribution in [0.4, 0.5) is 0 Å². The van der Waals surface area contributed by atoms with E-state index in [0.717, 1.165) is 27.7 Å². The Labute approximate surface area is 107 Å². The number of rotatable bonds is 2. The molecule has 0 aliphatic carbocycles. The Bertz CT molecular complexity index is 643. The molecule has 0 unspecified atom stereocenters. The van der Waals surface area contributed by atoms with Gasteiger partial charge in [-0.05, 0) is 56.5 Å². The van der Waals surface area contributed by atoms with Crippen molar-refractivity contribution >= 4 is 22.8 Å². The quantitative estimate of drug-likeness (QED) is 0.751. The number of aliphatic hydroxyl groups is 1. The Hall–Kier alpha value is -1.96. The highest BCUT2D eigenvalue weighted by molar-refractivity contribution is 5.96. The maximum atomic E-state index is 10.1. The first-order valence-electron chi connectivity index (χ1n) is 6.10. The van der Waals surface area contributed by atoms with Crippen LogP contribution in [-0.4, -0.2) is 5.11 Å². The predicted octanol–water partition coefficient (Wildman–Crippen LogP) is 5.00. The summed E-state index contributed by atoms with van der Waals surface area (Å²) in [6, 6.07) is 1.95. The van der Waals surface area contributed by atoms with Crippen molar-refractivity contribution in [2.75, 3.05) is 0 Å². The van der Waals surface area contributed by atoms with Crippen molar-refractivity contribution in [2.24, 2.45) is 0 Å². The highest BCUT2D eigenvalue weighted by Crippen LogP contribution is 2.34. The number of hydrogen-bond donors (Lipinski definition) is 1. The monoisotopic (exact) mass is 242 g/mol. The summed E-state index contributed by atoms with van der Waals surface area (Å²) in [5, 5.41) is 11.1. The maximum Gasteiger partial charge on any atom is 0.145 e. The van der Waals surface area contributed by atoms with Crippen molar-refractivity contribution in [3.63, 3.8) is 0 Å². The van der Waals surface area contributed by atoms with Crippen LogP contribution >= 0.6 is 0 Å². The van der Waals surface area contributed by atoms with Crippen molar-refractivity contribution in [1.82, 2.24) is 0 Å². The molecule has 1 aromatic heterocycles. The number of aliphatic hydroxyl groups excluding tert-OH is 1. The van der Waals surface area contributed by atoms with E-state index in [1.165, 1.54) is 5.56 Å². The summed E-state index contributed by atoms with van der Waals surface area (Å²) in [5.74, 6) is 0.266. The second-order valence-corrected chi connectivity index (χ2v) is 4.38. The molecule has 2 heteroatoms. The molecule has 2 rings (SSSR count). The van der Waals surface area contributed by atoms with Gasteiger partial charge in [0.15, 0.2) is 0 Å². The first kappa shape index (κ1) is 12.5. The van der Waals surface area contributed by atoms with Crippen LogP contribution in [0.15, 0.2) is 28.9 Å². The van der Waals surface area contributed by atoms with Crippen LogP contribution in [0, 0.1) is 13.8 Å². The molecule has 1 aromatic carbocycles. The van der Waals surface area contributed by atoms with Gasteiger partial charge in [0, 0.05) is 5.39 Å². The molecule has 0 saturated heterocycles. The van der Waals surface area contributed by atoms with Crippen molar-refractivity contribution in [3.05, 3.63) is 46.7 Å². The van der Waals surface area contributed by atoms with E-state index in [9.17, 15) is 5.11 Å². The van der Waals surface area contributed by atoms with Gasteiger partial charge in [0.2, 0.25) is 0 Å². The molecule has 1 N–H and O–H groups in total. The number of hydrogen-bond acceptors (Lipinski definition) is 2. The zero-order valence-electron chi connectivity index (χ0n) is 11.2.